The van der Waals surface area contributed by atoms with Crippen molar-refractivity contribution in [1.29, 1.82) is 0 Å². The zero-order valence-electron chi connectivity index (χ0n) is 13.8. The van der Waals surface area contributed by atoms with Crippen molar-refractivity contribution in [2.24, 2.45) is 0 Å². The Morgan fingerprint density at radius 3 is 2.68 bits per heavy atom. The molecule has 4 rings (SSSR count). The highest BCUT2D eigenvalue weighted by molar-refractivity contribution is 5.94. The van der Waals surface area contributed by atoms with E-state index in [0.29, 0.717) is 11.4 Å². The average Bonchev–Trinajstić information content (AvgIpc) is 3.19. The second kappa shape index (κ2) is 6.84. The van der Waals surface area contributed by atoms with Crippen molar-refractivity contribution in [3.05, 3.63) is 66.2 Å². The first-order valence-corrected chi connectivity index (χ1v) is 8.51. The number of aromatic nitrogens is 4. The van der Waals surface area contributed by atoms with Crippen molar-refractivity contribution in [3.63, 3.8) is 0 Å². The van der Waals surface area contributed by atoms with E-state index in [2.05, 4.69) is 20.2 Å². The summed E-state index contributed by atoms with van der Waals surface area (Å²) in [6.45, 7) is 0.740. The molecule has 1 atom stereocenters. The Morgan fingerprint density at radius 2 is 1.88 bits per heavy atom. The second-order valence-corrected chi connectivity index (χ2v) is 6.16. The van der Waals surface area contributed by atoms with Crippen LogP contribution in [0.1, 0.15) is 41.5 Å². The van der Waals surface area contributed by atoms with Crippen molar-refractivity contribution in [2.45, 2.75) is 25.3 Å². The molecule has 0 saturated carbocycles. The Hall–Kier alpha value is -3.02. The van der Waals surface area contributed by atoms with E-state index in [-0.39, 0.29) is 11.9 Å². The molecule has 0 bridgehead atoms. The van der Waals surface area contributed by atoms with E-state index in [1.807, 2.05) is 47.4 Å². The molecule has 2 aromatic heterocycles. The van der Waals surface area contributed by atoms with E-state index in [1.54, 1.807) is 12.4 Å². The number of benzene rings is 1. The fraction of sp³-hybridized carbons (Fsp3) is 0.263. The van der Waals surface area contributed by atoms with Gasteiger partial charge in [0.15, 0.2) is 5.82 Å². The number of amides is 1. The largest absolute Gasteiger partial charge is 0.328 e. The summed E-state index contributed by atoms with van der Waals surface area (Å²) in [4.78, 5) is 23.5. The van der Waals surface area contributed by atoms with E-state index < -0.39 is 0 Å². The molecule has 1 saturated heterocycles. The minimum Gasteiger partial charge on any atom is -0.328 e. The normalized spacial score (nSPS) is 17.4. The number of hydrogen-bond donors (Lipinski definition) is 1. The lowest BCUT2D eigenvalue weighted by atomic mass is 10.00. The van der Waals surface area contributed by atoms with Crippen molar-refractivity contribution in [3.8, 4) is 11.4 Å². The van der Waals surface area contributed by atoms with Gasteiger partial charge in [-0.15, -0.1) is 0 Å². The van der Waals surface area contributed by atoms with Crippen molar-refractivity contribution < 1.29 is 4.79 Å². The Labute approximate surface area is 145 Å². The lowest BCUT2D eigenvalue weighted by molar-refractivity contribution is 0.0600. The van der Waals surface area contributed by atoms with Gasteiger partial charge in [-0.2, -0.15) is 5.10 Å². The van der Waals surface area contributed by atoms with Gasteiger partial charge in [-0.05, 0) is 43.5 Å². The fourth-order valence-electron chi connectivity index (χ4n) is 3.26. The third-order valence-electron chi connectivity index (χ3n) is 4.54. The molecule has 1 amide bonds. The number of H-pyrrole nitrogens is 1. The van der Waals surface area contributed by atoms with E-state index in [0.717, 1.165) is 37.2 Å². The summed E-state index contributed by atoms with van der Waals surface area (Å²) in [5.74, 6) is 1.43. The molecular formula is C19H19N5O. The Kier molecular flexibility index (Phi) is 4.24. The standard InChI is InChI=1S/C19H19N5O/c25-19(15-6-2-1-3-7-15)24-13-5-4-8-16(24)18-21-17(22-23-18)14-9-11-20-12-10-14/h1-3,6-7,9-12,16H,4-5,8,13H2,(H,21,22,23). The van der Waals surface area contributed by atoms with Gasteiger partial charge in [0.25, 0.3) is 5.91 Å². The molecule has 126 valence electrons. The van der Waals surface area contributed by atoms with Gasteiger partial charge < -0.3 is 4.90 Å². The van der Waals surface area contributed by atoms with E-state index in [4.69, 9.17) is 0 Å². The predicted molar refractivity (Wildman–Crippen MR) is 93.7 cm³/mol. The molecule has 0 aliphatic carbocycles. The van der Waals surface area contributed by atoms with Crippen LogP contribution in [0.4, 0.5) is 0 Å². The van der Waals surface area contributed by atoms with Gasteiger partial charge in [-0.1, -0.05) is 18.2 Å². The van der Waals surface area contributed by atoms with Crippen LogP contribution >= 0.6 is 0 Å². The quantitative estimate of drug-likeness (QED) is 0.798. The lowest BCUT2D eigenvalue weighted by Gasteiger charge is -2.34. The van der Waals surface area contributed by atoms with Gasteiger partial charge in [0.2, 0.25) is 0 Å². The molecule has 0 radical (unpaired) electrons. The van der Waals surface area contributed by atoms with Crippen molar-refractivity contribution in [1.82, 2.24) is 25.1 Å². The number of rotatable bonds is 3. The van der Waals surface area contributed by atoms with Crippen LogP contribution in [0.25, 0.3) is 11.4 Å². The third-order valence-corrected chi connectivity index (χ3v) is 4.54. The number of pyridine rings is 1. The van der Waals surface area contributed by atoms with Gasteiger partial charge in [0.1, 0.15) is 5.82 Å². The zero-order valence-corrected chi connectivity index (χ0v) is 13.8. The maximum Gasteiger partial charge on any atom is 0.254 e. The summed E-state index contributed by atoms with van der Waals surface area (Å²) in [6, 6.07) is 13.1. The summed E-state index contributed by atoms with van der Waals surface area (Å²) >= 11 is 0. The molecule has 1 unspecified atom stereocenters. The molecule has 1 N–H and O–H groups in total. The third kappa shape index (κ3) is 3.15. The van der Waals surface area contributed by atoms with E-state index in [1.165, 1.54) is 0 Å². The van der Waals surface area contributed by atoms with Crippen LogP contribution in [0.5, 0.6) is 0 Å². The van der Waals surface area contributed by atoms with Crippen molar-refractivity contribution >= 4 is 5.91 Å². The molecule has 0 spiro atoms. The van der Waals surface area contributed by atoms with Crippen LogP contribution in [0.15, 0.2) is 54.9 Å². The molecular weight excluding hydrogens is 314 g/mol. The lowest BCUT2D eigenvalue weighted by Crippen LogP contribution is -2.39. The number of nitrogens with one attached hydrogen (secondary N) is 1. The maximum absolute atomic E-state index is 12.9. The predicted octanol–water partition coefficient (Wildman–Crippen LogP) is 3.23. The number of hydrogen-bond acceptors (Lipinski definition) is 4. The van der Waals surface area contributed by atoms with Crippen molar-refractivity contribution in [2.75, 3.05) is 6.54 Å². The molecule has 25 heavy (non-hydrogen) atoms. The average molecular weight is 333 g/mol. The van der Waals surface area contributed by atoms with Crippen LogP contribution in [-0.4, -0.2) is 37.5 Å². The minimum absolute atomic E-state index is 0.0483. The van der Waals surface area contributed by atoms with Crippen LogP contribution in [-0.2, 0) is 0 Å². The first-order valence-electron chi connectivity index (χ1n) is 8.51. The van der Waals surface area contributed by atoms with Gasteiger partial charge >= 0.3 is 0 Å². The number of aromatic amines is 1. The molecule has 6 heteroatoms. The van der Waals surface area contributed by atoms with Gasteiger partial charge in [-0.25, -0.2) is 4.98 Å². The van der Waals surface area contributed by atoms with E-state index >= 15 is 0 Å². The summed E-state index contributed by atoms with van der Waals surface area (Å²) in [5.41, 5.74) is 1.62. The highest BCUT2D eigenvalue weighted by Gasteiger charge is 2.31. The summed E-state index contributed by atoms with van der Waals surface area (Å²) in [7, 11) is 0. The number of nitrogens with zero attached hydrogens (tertiary/aromatic N) is 4. The zero-order chi connectivity index (χ0) is 17.1. The van der Waals surface area contributed by atoms with Gasteiger partial charge in [0, 0.05) is 30.1 Å². The molecule has 6 nitrogen and oxygen atoms in total. The summed E-state index contributed by atoms with van der Waals surface area (Å²) in [5, 5.41) is 7.36. The van der Waals surface area contributed by atoms with Crippen LogP contribution in [0.3, 0.4) is 0 Å². The summed E-state index contributed by atoms with van der Waals surface area (Å²) < 4.78 is 0. The first-order chi connectivity index (χ1) is 12.3. The smallest absolute Gasteiger partial charge is 0.254 e. The van der Waals surface area contributed by atoms with Crippen LogP contribution < -0.4 is 0 Å². The van der Waals surface area contributed by atoms with Crippen LogP contribution in [0, 0.1) is 0 Å². The van der Waals surface area contributed by atoms with Gasteiger partial charge in [-0.3, -0.25) is 14.9 Å². The number of piperidine rings is 1. The molecule has 1 fully saturated rings. The molecule has 3 aromatic rings. The molecule has 1 aliphatic rings. The second-order valence-electron chi connectivity index (χ2n) is 6.16. The Bertz CT molecular complexity index is 847. The topological polar surface area (TPSA) is 74.8 Å². The minimum atomic E-state index is -0.0652. The highest BCUT2D eigenvalue weighted by atomic mass is 16.2. The number of likely N-dealkylation sites (tertiary alicyclic amines) is 1. The Balaban J connectivity index is 1.62. The highest BCUT2D eigenvalue weighted by Crippen LogP contribution is 2.31. The van der Waals surface area contributed by atoms with E-state index in [9.17, 15) is 4.79 Å². The molecule has 1 aliphatic heterocycles. The monoisotopic (exact) mass is 333 g/mol. The fourth-order valence-corrected chi connectivity index (χ4v) is 3.26. The molecule has 3 heterocycles. The first kappa shape index (κ1) is 15.5. The number of carbonyl (C=O) groups is 1. The maximum atomic E-state index is 12.9. The summed E-state index contributed by atoms with van der Waals surface area (Å²) in [6.07, 6.45) is 6.42. The Morgan fingerprint density at radius 1 is 1.08 bits per heavy atom. The van der Waals surface area contributed by atoms with Crippen LogP contribution in [0.2, 0.25) is 0 Å². The SMILES string of the molecule is O=C(c1ccccc1)N1CCCCC1c1nc(-c2ccncc2)n[nH]1. The molecule has 1 aromatic carbocycles. The van der Waals surface area contributed by atoms with Gasteiger partial charge in [0.05, 0.1) is 6.04 Å². The number of carbonyl (C=O) groups excluding carboxylic acids is 1.